The molecule has 22 rings (SSSR count). The predicted octanol–water partition coefficient (Wildman–Crippen LogP) is 32.1. The summed E-state index contributed by atoms with van der Waals surface area (Å²) in [5.74, 6) is 0. The molecule has 4 aliphatic rings. The molecular formula is C114H90N6S2. The average Bonchev–Trinajstić information content (AvgIpc) is 1.52. The molecule has 0 saturated heterocycles. The summed E-state index contributed by atoms with van der Waals surface area (Å²) < 4.78 is 0. The zero-order chi connectivity index (χ0) is 82.6. The summed E-state index contributed by atoms with van der Waals surface area (Å²) in [6.07, 6.45) is 7.62. The van der Waals surface area contributed by atoms with Crippen molar-refractivity contribution in [3.63, 3.8) is 0 Å². The molecule has 0 aliphatic heterocycles. The third-order valence-electron chi connectivity index (χ3n) is 25.8. The first kappa shape index (κ1) is 75.5. The highest BCUT2D eigenvalue weighted by molar-refractivity contribution is 7.20. The van der Waals surface area contributed by atoms with Crippen LogP contribution in [0.1, 0.15) is 99.9 Å². The van der Waals surface area contributed by atoms with Crippen molar-refractivity contribution in [2.24, 2.45) is 0 Å². The summed E-state index contributed by atoms with van der Waals surface area (Å²) in [5.41, 5.74) is 38.9. The van der Waals surface area contributed by atoms with E-state index in [9.17, 15) is 0 Å². The lowest BCUT2D eigenvalue weighted by Crippen LogP contribution is -2.23. The number of hydrogen-bond acceptors (Lipinski definition) is 8. The van der Waals surface area contributed by atoms with Crippen LogP contribution in [0.5, 0.6) is 0 Å². The van der Waals surface area contributed by atoms with Crippen LogP contribution in [0, 0.1) is 0 Å². The lowest BCUT2D eigenvalue weighted by Gasteiger charge is -2.31. The minimum atomic E-state index is -0.233. The van der Waals surface area contributed by atoms with Gasteiger partial charge in [0, 0.05) is 110 Å². The SMILES string of the molecule is CC1(C)c2cc(N(c3ccccc3)c3ccc(-c4ccccc4)cc3)ccc2-c2sc3c(c21)C(C)(C)c1cc(N(c2ccccc2)c2ccc(-c4ccccc4)cc2)ccc1-3.CC1(C)c2cc(N(c3cccnc3)c3ccccc3-c3ccccc3)ccc2-c2sc3c(c21)C(C)(C)c1cc(N(c2cccnc2)c2ccccc2-c2ccccc2)ccc1-3. The van der Waals surface area contributed by atoms with Gasteiger partial charge in [-0.2, -0.15) is 0 Å². The first-order valence-electron chi connectivity index (χ1n) is 42.2. The first-order valence-corrected chi connectivity index (χ1v) is 43.9. The van der Waals surface area contributed by atoms with Crippen LogP contribution in [0.2, 0.25) is 0 Å². The van der Waals surface area contributed by atoms with Crippen LogP contribution >= 0.6 is 22.7 Å². The standard InChI is InChI=1S/C58H46N2S.C56H44N4S/c1-57(2)51-37-47(59(43-21-13-7-14-22-43)45-29-25-41(26-30-45)39-17-9-5-10-18-39)33-35-49(51)55-53(57)54-56(61-55)50-36-34-48(38-52(50)58(54,3)4)60(44-23-15-8-16-24-44)46-31-27-42(28-32-46)40-19-11-6-12-20-40;1-55(2)47-33-39(59(41-21-15-31-57-35-41)49-25-13-11-23-43(49)37-17-7-5-8-18-37)27-29-45(47)53-51(55)52-54(61-53)46-30-28-40(34-48(46)56(52,3)4)60(42-22-16-32-58-36-42)50-26-14-12-24-44(50)38-19-9-6-10-20-38/h5-38H,1-4H3;5-36H,1-4H3. The molecule has 4 aromatic heterocycles. The summed E-state index contributed by atoms with van der Waals surface area (Å²) >= 11 is 3.95. The van der Waals surface area contributed by atoms with E-state index in [0.717, 1.165) is 56.9 Å². The number of rotatable bonds is 16. The molecule has 588 valence electrons. The Bertz CT molecular complexity index is 6550. The van der Waals surface area contributed by atoms with E-state index in [1.807, 2.05) is 59.6 Å². The second-order valence-electron chi connectivity index (χ2n) is 34.5. The van der Waals surface area contributed by atoms with Crippen LogP contribution in [-0.4, -0.2) is 9.97 Å². The summed E-state index contributed by atoms with van der Waals surface area (Å²) in [4.78, 5) is 24.3. The Morgan fingerprint density at radius 3 is 0.730 bits per heavy atom. The Kier molecular flexibility index (Phi) is 18.6. The van der Waals surface area contributed by atoms with E-state index in [2.05, 4.69) is 449 Å². The molecule has 14 aromatic carbocycles. The lowest BCUT2D eigenvalue weighted by molar-refractivity contribution is 0.603. The molecule has 122 heavy (non-hydrogen) atoms. The highest BCUT2D eigenvalue weighted by atomic mass is 32.1. The maximum atomic E-state index is 4.58. The van der Waals surface area contributed by atoms with Crippen molar-refractivity contribution in [2.75, 3.05) is 19.6 Å². The van der Waals surface area contributed by atoms with Gasteiger partial charge in [0.1, 0.15) is 0 Å². The molecule has 0 radical (unpaired) electrons. The van der Waals surface area contributed by atoms with Crippen molar-refractivity contribution in [3.8, 4) is 86.3 Å². The normalized spacial score (nSPS) is 13.8. The number of anilines is 12. The van der Waals surface area contributed by atoms with Crippen LogP contribution in [-0.2, 0) is 21.7 Å². The van der Waals surface area contributed by atoms with Gasteiger partial charge in [0.15, 0.2) is 0 Å². The number of pyridine rings is 2. The minimum Gasteiger partial charge on any atom is -0.310 e. The molecule has 0 spiro atoms. The molecular weight excluding hydrogens is 1520 g/mol. The highest BCUT2D eigenvalue weighted by Crippen LogP contribution is 2.67. The summed E-state index contributed by atoms with van der Waals surface area (Å²) in [7, 11) is 0. The third-order valence-corrected chi connectivity index (χ3v) is 28.3. The summed E-state index contributed by atoms with van der Waals surface area (Å²) in [6.45, 7) is 19.5. The topological polar surface area (TPSA) is 38.7 Å². The van der Waals surface area contributed by atoms with Gasteiger partial charge in [0.05, 0.1) is 35.1 Å². The zero-order valence-electron chi connectivity index (χ0n) is 69.6. The first-order chi connectivity index (χ1) is 59.6. The Balaban J connectivity index is 0.000000150. The molecule has 6 nitrogen and oxygen atoms in total. The van der Waals surface area contributed by atoms with Crippen LogP contribution < -0.4 is 19.6 Å². The third kappa shape index (κ3) is 12.6. The number of thiophene rings is 2. The van der Waals surface area contributed by atoms with Gasteiger partial charge >= 0.3 is 0 Å². The van der Waals surface area contributed by atoms with Gasteiger partial charge in [-0.05, 0) is 234 Å². The highest BCUT2D eigenvalue weighted by Gasteiger charge is 2.51. The maximum Gasteiger partial charge on any atom is 0.0645 e. The van der Waals surface area contributed by atoms with Crippen molar-refractivity contribution in [2.45, 2.75) is 77.0 Å². The fourth-order valence-corrected chi connectivity index (χ4v) is 23.3. The minimum absolute atomic E-state index is 0.191. The number of hydrogen-bond donors (Lipinski definition) is 0. The molecule has 18 aromatic rings. The number of aromatic nitrogens is 2. The summed E-state index contributed by atoms with van der Waals surface area (Å²) in [5, 5.41) is 0. The Morgan fingerprint density at radius 1 is 0.197 bits per heavy atom. The van der Waals surface area contributed by atoms with E-state index in [1.165, 1.54) is 142 Å². The quantitative estimate of drug-likeness (QED) is 0.0960. The van der Waals surface area contributed by atoms with Crippen LogP contribution in [0.15, 0.2) is 401 Å². The molecule has 0 atom stereocenters. The second-order valence-corrected chi connectivity index (χ2v) is 36.5. The van der Waals surface area contributed by atoms with E-state index in [-0.39, 0.29) is 21.7 Å². The lowest BCUT2D eigenvalue weighted by atomic mass is 9.74. The molecule has 4 heterocycles. The number of nitrogens with zero attached hydrogens (tertiary/aromatic N) is 6. The van der Waals surface area contributed by atoms with Gasteiger partial charge < -0.3 is 19.6 Å². The van der Waals surface area contributed by atoms with E-state index < -0.39 is 0 Å². The molecule has 0 fully saturated rings. The smallest absolute Gasteiger partial charge is 0.0645 e. The monoisotopic (exact) mass is 1610 g/mol. The van der Waals surface area contributed by atoms with Crippen molar-refractivity contribution in [1.82, 2.24) is 9.97 Å². The number of benzene rings is 14. The predicted molar refractivity (Wildman–Crippen MR) is 515 cm³/mol. The van der Waals surface area contributed by atoms with Gasteiger partial charge in [-0.15, -0.1) is 22.7 Å². The fourth-order valence-electron chi connectivity index (χ4n) is 19.9. The number of fused-ring (bicyclic) bond motifs is 14. The van der Waals surface area contributed by atoms with Gasteiger partial charge in [-0.25, -0.2) is 0 Å². The van der Waals surface area contributed by atoms with E-state index in [1.54, 1.807) is 0 Å². The van der Waals surface area contributed by atoms with Crippen molar-refractivity contribution < 1.29 is 0 Å². The van der Waals surface area contributed by atoms with Crippen LogP contribution in [0.25, 0.3) is 86.3 Å². The largest absolute Gasteiger partial charge is 0.310 e. The average molecular weight is 1610 g/mol. The molecule has 8 heteroatoms. The van der Waals surface area contributed by atoms with Gasteiger partial charge in [-0.3, -0.25) is 9.97 Å². The molecule has 0 unspecified atom stereocenters. The van der Waals surface area contributed by atoms with Crippen molar-refractivity contribution in [3.05, 3.63) is 445 Å². The van der Waals surface area contributed by atoms with Gasteiger partial charge in [0.2, 0.25) is 0 Å². The van der Waals surface area contributed by atoms with Crippen LogP contribution in [0.4, 0.5) is 68.2 Å². The zero-order valence-corrected chi connectivity index (χ0v) is 71.2. The second kappa shape index (κ2) is 30.0. The van der Waals surface area contributed by atoms with Crippen molar-refractivity contribution >= 4 is 90.9 Å². The van der Waals surface area contributed by atoms with E-state index >= 15 is 0 Å². The Labute approximate surface area is 724 Å². The van der Waals surface area contributed by atoms with Crippen LogP contribution in [0.3, 0.4) is 0 Å². The molecule has 4 aliphatic carbocycles. The Hall–Kier alpha value is -14.0. The van der Waals surface area contributed by atoms with Gasteiger partial charge in [0.25, 0.3) is 0 Å². The fraction of sp³-hybridized carbons (Fsp3) is 0.105. The summed E-state index contributed by atoms with van der Waals surface area (Å²) in [6, 6.07) is 136. The molecule has 0 N–H and O–H groups in total. The van der Waals surface area contributed by atoms with E-state index in [0.29, 0.717) is 0 Å². The molecule has 0 saturated carbocycles. The maximum absolute atomic E-state index is 4.58. The van der Waals surface area contributed by atoms with E-state index in [4.69, 9.17) is 0 Å². The number of para-hydroxylation sites is 4. The van der Waals surface area contributed by atoms with Gasteiger partial charge in [-0.1, -0.05) is 298 Å². The Morgan fingerprint density at radius 2 is 0.434 bits per heavy atom. The molecule has 0 amide bonds. The van der Waals surface area contributed by atoms with Crippen molar-refractivity contribution in [1.29, 1.82) is 0 Å². The molecule has 0 bridgehead atoms.